The molecule has 0 saturated carbocycles. The Hall–Kier alpha value is -2.60. The monoisotopic (exact) mass is 434 g/mol. The normalized spacial score (nSPS) is 16.5. The third kappa shape index (κ3) is 6.20. The fraction of sp³-hybridized carbons (Fsp3) is 0.308. The van der Waals surface area contributed by atoms with Gasteiger partial charge >= 0.3 is 0 Å². The molecule has 3 aromatic rings. The minimum absolute atomic E-state index is 0.0280. The van der Waals surface area contributed by atoms with Crippen molar-refractivity contribution >= 4 is 17.0 Å². The van der Waals surface area contributed by atoms with Gasteiger partial charge in [0, 0.05) is 24.5 Å². The quantitative estimate of drug-likeness (QED) is 0.355. The average molecular weight is 435 g/mol. The van der Waals surface area contributed by atoms with Crippen molar-refractivity contribution in [2.75, 3.05) is 32.0 Å². The lowest BCUT2D eigenvalue weighted by atomic mass is 10.0. The Kier molecular flexibility index (Phi) is 7.77. The zero-order valence-electron chi connectivity index (χ0n) is 17.7. The van der Waals surface area contributed by atoms with Gasteiger partial charge < -0.3 is 15.2 Å². The van der Waals surface area contributed by atoms with Crippen LogP contribution in [0.1, 0.15) is 29.4 Å². The van der Waals surface area contributed by atoms with E-state index in [1.165, 1.54) is 10.4 Å². The largest absolute Gasteiger partial charge is 0.487 e. The molecule has 4 rings (SSSR count). The molecule has 1 unspecified atom stereocenters. The van der Waals surface area contributed by atoms with Crippen molar-refractivity contribution in [2.24, 2.45) is 0 Å². The van der Waals surface area contributed by atoms with Crippen LogP contribution in [-0.4, -0.2) is 37.2 Å². The van der Waals surface area contributed by atoms with Crippen LogP contribution in [0.5, 0.6) is 5.75 Å². The summed E-state index contributed by atoms with van der Waals surface area (Å²) in [6.45, 7) is 3.57. The van der Waals surface area contributed by atoms with E-state index in [2.05, 4.69) is 64.9 Å². The van der Waals surface area contributed by atoms with Crippen LogP contribution >= 0.6 is 11.3 Å². The SMILES string of the molecule is Nc1ccccc1OC/C=C/CN1CCC(OC(c2ccccc2)c2cccs2)CC1. The predicted octanol–water partition coefficient (Wildman–Crippen LogP) is 5.54. The number of nitrogens with zero attached hydrogens (tertiary/aromatic N) is 1. The summed E-state index contributed by atoms with van der Waals surface area (Å²) in [5.74, 6) is 0.740. The molecule has 162 valence electrons. The fourth-order valence-corrected chi connectivity index (χ4v) is 4.63. The molecule has 2 aromatic carbocycles. The highest BCUT2D eigenvalue weighted by Gasteiger charge is 2.24. The van der Waals surface area contributed by atoms with Crippen molar-refractivity contribution in [3.05, 3.63) is 94.7 Å². The van der Waals surface area contributed by atoms with Crippen LogP contribution in [0.15, 0.2) is 84.3 Å². The molecule has 31 heavy (non-hydrogen) atoms. The van der Waals surface area contributed by atoms with Crippen LogP contribution in [0.3, 0.4) is 0 Å². The zero-order chi connectivity index (χ0) is 21.3. The van der Waals surface area contributed by atoms with Gasteiger partial charge in [0.05, 0.1) is 11.8 Å². The smallest absolute Gasteiger partial charge is 0.142 e. The molecule has 4 nitrogen and oxygen atoms in total. The second-order valence-electron chi connectivity index (χ2n) is 7.76. The van der Waals surface area contributed by atoms with E-state index in [1.807, 2.05) is 24.3 Å². The van der Waals surface area contributed by atoms with Gasteiger partial charge in [-0.25, -0.2) is 0 Å². The van der Waals surface area contributed by atoms with Crippen LogP contribution < -0.4 is 10.5 Å². The summed E-state index contributed by atoms with van der Waals surface area (Å²) in [7, 11) is 0. The lowest BCUT2D eigenvalue weighted by Gasteiger charge is -2.33. The molecular formula is C26H30N2O2S. The molecule has 5 heteroatoms. The second kappa shape index (κ2) is 11.1. The van der Waals surface area contributed by atoms with Gasteiger partial charge in [-0.2, -0.15) is 0 Å². The summed E-state index contributed by atoms with van der Waals surface area (Å²) in [6, 6.07) is 22.4. The van der Waals surface area contributed by atoms with Gasteiger partial charge in [-0.05, 0) is 42.0 Å². The van der Waals surface area contributed by atoms with E-state index in [0.717, 1.165) is 38.2 Å². The number of rotatable bonds is 9. The number of ether oxygens (including phenoxy) is 2. The summed E-state index contributed by atoms with van der Waals surface area (Å²) >= 11 is 1.77. The maximum atomic E-state index is 6.61. The highest BCUT2D eigenvalue weighted by molar-refractivity contribution is 7.10. The van der Waals surface area contributed by atoms with Gasteiger partial charge in [-0.1, -0.05) is 60.7 Å². The molecule has 1 fully saturated rings. The molecule has 0 radical (unpaired) electrons. The number of hydrogen-bond acceptors (Lipinski definition) is 5. The first-order chi connectivity index (χ1) is 15.3. The lowest BCUT2D eigenvalue weighted by Crippen LogP contribution is -2.37. The molecule has 2 N–H and O–H groups in total. The first-order valence-electron chi connectivity index (χ1n) is 10.9. The number of hydrogen-bond donors (Lipinski definition) is 1. The van der Waals surface area contributed by atoms with Crippen LogP contribution in [0.25, 0.3) is 0 Å². The number of thiophene rings is 1. The minimum atomic E-state index is 0.0280. The molecule has 0 aliphatic carbocycles. The molecule has 0 spiro atoms. The number of piperidine rings is 1. The molecular weight excluding hydrogens is 404 g/mol. The van der Waals surface area contributed by atoms with E-state index in [-0.39, 0.29) is 12.2 Å². The van der Waals surface area contributed by atoms with E-state index in [4.69, 9.17) is 15.2 Å². The first kappa shape index (κ1) is 21.6. The van der Waals surface area contributed by atoms with Crippen molar-refractivity contribution in [1.82, 2.24) is 4.90 Å². The Morgan fingerprint density at radius 3 is 2.48 bits per heavy atom. The topological polar surface area (TPSA) is 47.7 Å². The highest BCUT2D eigenvalue weighted by Crippen LogP contribution is 2.32. The average Bonchev–Trinajstić information content (AvgIpc) is 3.34. The van der Waals surface area contributed by atoms with E-state index in [0.29, 0.717) is 12.3 Å². The number of para-hydroxylation sites is 2. The Balaban J connectivity index is 1.22. The molecule has 2 heterocycles. The standard InChI is InChI=1S/C26H30N2O2S/c27-23-11-4-5-12-24(23)29-19-7-6-16-28-17-14-22(15-18-28)30-26(25-13-8-20-31-25)21-9-2-1-3-10-21/h1-13,20,22,26H,14-19,27H2/b7-6+. The van der Waals surface area contributed by atoms with Gasteiger partial charge in [0.15, 0.2) is 0 Å². The molecule has 1 atom stereocenters. The second-order valence-corrected chi connectivity index (χ2v) is 8.74. The van der Waals surface area contributed by atoms with E-state index in [9.17, 15) is 0 Å². The number of likely N-dealkylation sites (tertiary alicyclic amines) is 1. The van der Waals surface area contributed by atoms with Gasteiger partial charge in [0.1, 0.15) is 18.5 Å². The fourth-order valence-electron chi connectivity index (χ4n) is 3.84. The zero-order valence-corrected chi connectivity index (χ0v) is 18.5. The van der Waals surface area contributed by atoms with Crippen LogP contribution in [0, 0.1) is 0 Å². The molecule has 0 amide bonds. The van der Waals surface area contributed by atoms with Gasteiger partial charge in [0.25, 0.3) is 0 Å². The molecule has 1 aromatic heterocycles. The van der Waals surface area contributed by atoms with Crippen molar-refractivity contribution < 1.29 is 9.47 Å². The van der Waals surface area contributed by atoms with Crippen molar-refractivity contribution in [1.29, 1.82) is 0 Å². The Labute approximate surface area is 188 Å². The summed E-state index contributed by atoms with van der Waals surface area (Å²) < 4.78 is 12.3. The summed E-state index contributed by atoms with van der Waals surface area (Å²) in [5.41, 5.74) is 7.81. The lowest BCUT2D eigenvalue weighted by molar-refractivity contribution is -0.0240. The Morgan fingerprint density at radius 2 is 1.74 bits per heavy atom. The van der Waals surface area contributed by atoms with Crippen molar-refractivity contribution in [3.8, 4) is 5.75 Å². The Morgan fingerprint density at radius 1 is 0.968 bits per heavy atom. The summed E-state index contributed by atoms with van der Waals surface area (Å²) in [4.78, 5) is 3.74. The summed E-state index contributed by atoms with van der Waals surface area (Å²) in [6.07, 6.45) is 6.67. The first-order valence-corrected chi connectivity index (χ1v) is 11.8. The van der Waals surface area contributed by atoms with Gasteiger partial charge in [-0.3, -0.25) is 4.90 Å². The number of benzene rings is 2. The minimum Gasteiger partial charge on any atom is -0.487 e. The van der Waals surface area contributed by atoms with Crippen LogP contribution in [-0.2, 0) is 4.74 Å². The molecule has 1 aliphatic rings. The molecule has 0 bridgehead atoms. The van der Waals surface area contributed by atoms with E-state index in [1.54, 1.807) is 11.3 Å². The third-order valence-corrected chi connectivity index (χ3v) is 6.47. The number of nitrogen functional groups attached to an aromatic ring is 1. The third-order valence-electron chi connectivity index (χ3n) is 5.55. The number of nitrogens with two attached hydrogens (primary N) is 1. The van der Waals surface area contributed by atoms with Crippen LogP contribution in [0.4, 0.5) is 5.69 Å². The van der Waals surface area contributed by atoms with Crippen LogP contribution in [0.2, 0.25) is 0 Å². The number of anilines is 1. The van der Waals surface area contributed by atoms with Crippen molar-refractivity contribution in [3.63, 3.8) is 0 Å². The van der Waals surface area contributed by atoms with Crippen molar-refractivity contribution in [2.45, 2.75) is 25.0 Å². The van der Waals surface area contributed by atoms with E-state index < -0.39 is 0 Å². The van der Waals surface area contributed by atoms with E-state index >= 15 is 0 Å². The van der Waals surface area contributed by atoms with Gasteiger partial charge in [0.2, 0.25) is 0 Å². The maximum absolute atomic E-state index is 6.61. The van der Waals surface area contributed by atoms with Gasteiger partial charge in [-0.15, -0.1) is 11.3 Å². The summed E-state index contributed by atoms with van der Waals surface area (Å²) in [5, 5.41) is 2.12. The maximum Gasteiger partial charge on any atom is 0.142 e. The highest BCUT2D eigenvalue weighted by atomic mass is 32.1. The molecule has 1 saturated heterocycles. The predicted molar refractivity (Wildman–Crippen MR) is 129 cm³/mol. The molecule has 1 aliphatic heterocycles. The Bertz CT molecular complexity index is 935.